The Morgan fingerprint density at radius 2 is 1.72 bits per heavy atom. The highest BCUT2D eigenvalue weighted by molar-refractivity contribution is 5.79. The highest BCUT2D eigenvalue weighted by Gasteiger charge is 2.43. The zero-order valence-electron chi connectivity index (χ0n) is 10.9. The third-order valence-corrected chi connectivity index (χ3v) is 2.95. The summed E-state index contributed by atoms with van der Waals surface area (Å²) in [6, 6.07) is 0. The van der Waals surface area contributed by atoms with Gasteiger partial charge in [-0.1, -0.05) is 0 Å². The van der Waals surface area contributed by atoms with E-state index in [1.807, 2.05) is 0 Å². The molecule has 0 aromatic rings. The Morgan fingerprint density at radius 1 is 1.17 bits per heavy atom. The number of ether oxygens (including phenoxy) is 2. The van der Waals surface area contributed by atoms with E-state index < -0.39 is 11.6 Å². The second kappa shape index (κ2) is 6.68. The molecule has 104 valence electrons. The van der Waals surface area contributed by atoms with Crippen molar-refractivity contribution in [1.82, 2.24) is 4.90 Å². The molecular formula is C12H20FNO4. The van der Waals surface area contributed by atoms with Crippen molar-refractivity contribution in [3.63, 3.8) is 0 Å². The van der Waals surface area contributed by atoms with Crippen LogP contribution in [-0.2, 0) is 19.1 Å². The fourth-order valence-electron chi connectivity index (χ4n) is 1.92. The van der Waals surface area contributed by atoms with Gasteiger partial charge in [0.25, 0.3) is 0 Å². The van der Waals surface area contributed by atoms with Crippen molar-refractivity contribution < 1.29 is 23.5 Å². The van der Waals surface area contributed by atoms with Crippen molar-refractivity contribution in [2.45, 2.75) is 32.4 Å². The molecule has 0 amide bonds. The number of alkyl halides is 1. The highest BCUT2D eigenvalue weighted by atomic mass is 19.1. The minimum absolute atomic E-state index is 0.0608. The van der Waals surface area contributed by atoms with Gasteiger partial charge in [-0.15, -0.1) is 0 Å². The lowest BCUT2D eigenvalue weighted by molar-refractivity contribution is -0.161. The molecule has 0 N–H and O–H groups in total. The number of hydrogen-bond donors (Lipinski definition) is 0. The third-order valence-electron chi connectivity index (χ3n) is 2.95. The maximum Gasteiger partial charge on any atom is 0.343 e. The van der Waals surface area contributed by atoms with Gasteiger partial charge in [0.1, 0.15) is 0 Å². The molecule has 0 bridgehead atoms. The van der Waals surface area contributed by atoms with E-state index in [0.29, 0.717) is 19.7 Å². The Balaban J connectivity index is 2.40. The second-order valence-electron chi connectivity index (χ2n) is 4.27. The van der Waals surface area contributed by atoms with Crippen LogP contribution in [0.25, 0.3) is 0 Å². The van der Waals surface area contributed by atoms with Crippen LogP contribution in [0.4, 0.5) is 4.39 Å². The van der Waals surface area contributed by atoms with Crippen LogP contribution in [0.15, 0.2) is 0 Å². The summed E-state index contributed by atoms with van der Waals surface area (Å²) in [5.41, 5.74) is -1.90. The number of nitrogens with zero attached hydrogens (tertiary/aromatic N) is 1. The Labute approximate surface area is 106 Å². The summed E-state index contributed by atoms with van der Waals surface area (Å²) in [5, 5.41) is 0. The zero-order valence-corrected chi connectivity index (χ0v) is 10.9. The minimum Gasteiger partial charge on any atom is -0.465 e. The summed E-state index contributed by atoms with van der Waals surface area (Å²) < 4.78 is 23.7. The van der Waals surface area contributed by atoms with Crippen molar-refractivity contribution in [3.05, 3.63) is 0 Å². The Hall–Kier alpha value is -1.17. The topological polar surface area (TPSA) is 55.8 Å². The van der Waals surface area contributed by atoms with E-state index in [1.54, 1.807) is 18.7 Å². The van der Waals surface area contributed by atoms with Crippen LogP contribution in [0.3, 0.4) is 0 Å². The monoisotopic (exact) mass is 261 g/mol. The van der Waals surface area contributed by atoms with Gasteiger partial charge >= 0.3 is 11.9 Å². The molecule has 0 spiro atoms. The van der Waals surface area contributed by atoms with Gasteiger partial charge in [-0.05, 0) is 13.8 Å². The molecule has 1 saturated heterocycles. The van der Waals surface area contributed by atoms with Gasteiger partial charge in [0.15, 0.2) is 0 Å². The number of hydrogen-bond acceptors (Lipinski definition) is 5. The molecule has 1 aliphatic rings. The van der Waals surface area contributed by atoms with E-state index >= 15 is 0 Å². The van der Waals surface area contributed by atoms with Crippen LogP contribution in [0, 0.1) is 0 Å². The van der Waals surface area contributed by atoms with E-state index in [0.717, 1.165) is 0 Å². The molecule has 1 rings (SSSR count). The SMILES string of the molecule is CCOC(=O)CN1CCC(F)(C(=O)OCC)CC1. The van der Waals surface area contributed by atoms with Gasteiger partial charge in [0.2, 0.25) is 5.67 Å². The Kier molecular flexibility index (Phi) is 5.53. The molecule has 1 fully saturated rings. The van der Waals surface area contributed by atoms with Crippen LogP contribution in [-0.4, -0.2) is 55.4 Å². The van der Waals surface area contributed by atoms with Gasteiger partial charge < -0.3 is 9.47 Å². The number of piperidine rings is 1. The van der Waals surface area contributed by atoms with Crippen LogP contribution in [0.1, 0.15) is 26.7 Å². The average molecular weight is 261 g/mol. The van der Waals surface area contributed by atoms with Gasteiger partial charge in [0.05, 0.1) is 19.8 Å². The Morgan fingerprint density at radius 3 is 2.22 bits per heavy atom. The number of likely N-dealkylation sites (tertiary alicyclic amines) is 1. The molecule has 0 aromatic carbocycles. The summed E-state index contributed by atoms with van der Waals surface area (Å²) in [5.74, 6) is -1.11. The lowest BCUT2D eigenvalue weighted by Gasteiger charge is -2.33. The average Bonchev–Trinajstić information content (AvgIpc) is 2.33. The van der Waals surface area contributed by atoms with E-state index in [2.05, 4.69) is 0 Å². The normalized spacial score (nSPS) is 19.3. The van der Waals surface area contributed by atoms with E-state index in [4.69, 9.17) is 9.47 Å². The van der Waals surface area contributed by atoms with Crippen LogP contribution >= 0.6 is 0 Å². The van der Waals surface area contributed by atoms with E-state index in [-0.39, 0.29) is 32.0 Å². The van der Waals surface area contributed by atoms with Gasteiger partial charge in [-0.25, -0.2) is 9.18 Å². The second-order valence-corrected chi connectivity index (χ2v) is 4.27. The summed E-state index contributed by atoms with van der Waals surface area (Å²) in [4.78, 5) is 24.5. The first kappa shape index (κ1) is 14.9. The van der Waals surface area contributed by atoms with Gasteiger partial charge in [-0.2, -0.15) is 0 Å². The van der Waals surface area contributed by atoms with E-state index in [9.17, 15) is 14.0 Å². The molecule has 0 aromatic heterocycles. The molecule has 0 aliphatic carbocycles. The van der Waals surface area contributed by atoms with Crippen molar-refractivity contribution in [2.75, 3.05) is 32.8 Å². The molecule has 1 aliphatic heterocycles. The van der Waals surface area contributed by atoms with Crippen LogP contribution in [0.2, 0.25) is 0 Å². The smallest absolute Gasteiger partial charge is 0.343 e. The summed E-state index contributed by atoms with van der Waals surface area (Å²) in [6.45, 7) is 4.76. The summed E-state index contributed by atoms with van der Waals surface area (Å²) in [7, 11) is 0. The quantitative estimate of drug-likeness (QED) is 0.689. The predicted octanol–water partition coefficient (Wildman–Crippen LogP) is 0.917. The molecule has 1 heterocycles. The molecule has 5 nitrogen and oxygen atoms in total. The Bertz CT molecular complexity index is 300. The molecule has 0 saturated carbocycles. The van der Waals surface area contributed by atoms with Crippen LogP contribution < -0.4 is 0 Å². The number of esters is 2. The zero-order chi connectivity index (χ0) is 13.6. The summed E-state index contributed by atoms with van der Waals surface area (Å²) in [6.07, 6.45) is 0.122. The number of carbonyl (C=O) groups is 2. The lowest BCUT2D eigenvalue weighted by atomic mass is 9.93. The molecular weight excluding hydrogens is 241 g/mol. The van der Waals surface area contributed by atoms with Gasteiger partial charge in [0, 0.05) is 25.9 Å². The third kappa shape index (κ3) is 3.94. The summed E-state index contributed by atoms with van der Waals surface area (Å²) >= 11 is 0. The first-order valence-corrected chi connectivity index (χ1v) is 6.26. The lowest BCUT2D eigenvalue weighted by Crippen LogP contribution is -2.48. The van der Waals surface area contributed by atoms with Gasteiger partial charge in [-0.3, -0.25) is 9.69 Å². The molecule has 0 radical (unpaired) electrons. The van der Waals surface area contributed by atoms with Crippen molar-refractivity contribution in [3.8, 4) is 0 Å². The molecule has 18 heavy (non-hydrogen) atoms. The molecule has 6 heteroatoms. The molecule has 0 atom stereocenters. The van der Waals surface area contributed by atoms with Crippen molar-refractivity contribution >= 4 is 11.9 Å². The van der Waals surface area contributed by atoms with E-state index in [1.165, 1.54) is 0 Å². The minimum atomic E-state index is -1.90. The maximum absolute atomic E-state index is 14.2. The van der Waals surface area contributed by atoms with Crippen molar-refractivity contribution in [1.29, 1.82) is 0 Å². The largest absolute Gasteiger partial charge is 0.465 e. The first-order valence-electron chi connectivity index (χ1n) is 6.26. The standard InChI is InChI=1S/C12H20FNO4/c1-3-17-10(15)9-14-7-5-12(13,6-8-14)11(16)18-4-2/h3-9H2,1-2H3. The number of rotatable bonds is 5. The number of carbonyl (C=O) groups excluding carboxylic acids is 2. The predicted molar refractivity (Wildman–Crippen MR) is 62.8 cm³/mol. The maximum atomic E-state index is 14.2. The molecule has 0 unspecified atom stereocenters. The van der Waals surface area contributed by atoms with Crippen LogP contribution in [0.5, 0.6) is 0 Å². The first-order chi connectivity index (χ1) is 8.51. The fourth-order valence-corrected chi connectivity index (χ4v) is 1.92. The highest BCUT2D eigenvalue weighted by Crippen LogP contribution is 2.27. The van der Waals surface area contributed by atoms with Crippen molar-refractivity contribution in [2.24, 2.45) is 0 Å². The number of halogens is 1. The fraction of sp³-hybridized carbons (Fsp3) is 0.833.